The molecule has 0 saturated heterocycles. The van der Waals surface area contributed by atoms with Gasteiger partial charge in [-0.2, -0.15) is 18.1 Å². The molecule has 0 aliphatic carbocycles. The van der Waals surface area contributed by atoms with Gasteiger partial charge in [0.05, 0.1) is 6.10 Å². The van der Waals surface area contributed by atoms with Crippen molar-refractivity contribution in [2.45, 2.75) is 38.0 Å². The number of alkyl halides is 7. The van der Waals surface area contributed by atoms with Crippen molar-refractivity contribution in [2.24, 2.45) is 0 Å². The first-order valence-electron chi connectivity index (χ1n) is 9.59. The molecule has 2 aromatic rings. The van der Waals surface area contributed by atoms with E-state index in [1.807, 2.05) is 0 Å². The van der Waals surface area contributed by atoms with E-state index in [1.54, 1.807) is 30.3 Å². The van der Waals surface area contributed by atoms with Gasteiger partial charge in [-0.25, -0.2) is 4.39 Å². The van der Waals surface area contributed by atoms with Crippen LogP contribution in [0.1, 0.15) is 17.5 Å². The van der Waals surface area contributed by atoms with Crippen LogP contribution in [0.15, 0.2) is 48.5 Å². The minimum absolute atomic E-state index is 0.302. The quantitative estimate of drug-likeness (QED) is 0.361. The molecule has 0 saturated carbocycles. The van der Waals surface area contributed by atoms with Gasteiger partial charge < -0.3 is 14.6 Å². The number of nitrogens with zero attached hydrogens (tertiary/aromatic N) is 1. The summed E-state index contributed by atoms with van der Waals surface area (Å²) in [5.41, 5.74) is 1.29. The van der Waals surface area contributed by atoms with E-state index in [9.17, 15) is 35.8 Å². The predicted molar refractivity (Wildman–Crippen MR) is 102 cm³/mol. The van der Waals surface area contributed by atoms with Crippen LogP contribution in [0, 0.1) is 0 Å². The number of rotatable bonds is 11. The first-order valence-corrected chi connectivity index (χ1v) is 9.59. The van der Waals surface area contributed by atoms with E-state index in [0.29, 0.717) is 29.7 Å². The maximum atomic E-state index is 12.5. The Morgan fingerprint density at radius 3 is 2.31 bits per heavy atom. The molecular weight excluding hydrogens is 447 g/mol. The van der Waals surface area contributed by atoms with Gasteiger partial charge in [-0.05, 0) is 48.6 Å². The lowest BCUT2D eigenvalue weighted by Crippen LogP contribution is -2.39. The van der Waals surface area contributed by atoms with Gasteiger partial charge in [-0.3, -0.25) is 0 Å². The molecule has 0 amide bonds. The zero-order chi connectivity index (χ0) is 23.8. The van der Waals surface area contributed by atoms with Crippen LogP contribution < -0.4 is 9.47 Å². The lowest BCUT2D eigenvalue weighted by atomic mass is 10.0. The number of hydrogen-bond acceptors (Lipinski definition) is 4. The molecule has 2 rings (SSSR count). The summed E-state index contributed by atoms with van der Waals surface area (Å²) in [4.78, 5) is -0.360. The van der Waals surface area contributed by atoms with Crippen molar-refractivity contribution in [2.75, 3.05) is 20.0 Å². The zero-order valence-electron chi connectivity index (χ0n) is 16.8. The Balaban J connectivity index is 1.91. The zero-order valence-corrected chi connectivity index (χ0v) is 16.8. The topological polar surface area (TPSA) is 41.9 Å². The first-order chi connectivity index (χ1) is 15.0. The van der Waals surface area contributed by atoms with Crippen LogP contribution >= 0.6 is 0 Å². The highest BCUT2D eigenvalue weighted by Gasteiger charge is 2.37. The van der Waals surface area contributed by atoms with E-state index >= 15 is 0 Å². The number of hydrogen-bond donors (Lipinski definition) is 1. The average Bonchev–Trinajstić information content (AvgIpc) is 2.69. The Labute approximate surface area is 180 Å². The number of ether oxygens (including phenoxy) is 2. The van der Waals surface area contributed by atoms with Crippen LogP contribution in [0.25, 0.3) is 0 Å². The molecule has 0 fully saturated rings. The van der Waals surface area contributed by atoms with Gasteiger partial charge in [0.2, 0.25) is 0 Å². The Morgan fingerprint density at radius 2 is 1.66 bits per heavy atom. The van der Waals surface area contributed by atoms with Gasteiger partial charge in [-0.15, -0.1) is 13.2 Å². The van der Waals surface area contributed by atoms with Crippen LogP contribution in [0.3, 0.4) is 0 Å². The van der Waals surface area contributed by atoms with Crippen molar-refractivity contribution < 1.29 is 45.3 Å². The second-order valence-electron chi connectivity index (χ2n) is 6.91. The monoisotopic (exact) mass is 469 g/mol. The Hall–Kier alpha value is -2.53. The largest absolute Gasteiger partial charge is 0.573 e. The molecule has 1 atom stereocenters. The Bertz CT molecular complexity index is 843. The molecule has 0 heterocycles. The lowest BCUT2D eigenvalue weighted by molar-refractivity contribution is -0.274. The number of aliphatic hydroxyl groups excluding tert-OH is 1. The molecule has 11 heteroatoms. The fourth-order valence-corrected chi connectivity index (χ4v) is 2.86. The third kappa shape index (κ3) is 8.91. The molecule has 0 bridgehead atoms. The van der Waals surface area contributed by atoms with Gasteiger partial charge in [0.1, 0.15) is 24.9 Å². The van der Waals surface area contributed by atoms with E-state index in [0.717, 1.165) is 0 Å². The van der Waals surface area contributed by atoms with Crippen molar-refractivity contribution in [3.8, 4) is 11.5 Å². The summed E-state index contributed by atoms with van der Waals surface area (Å²) in [6.45, 7) is -2.73. The summed E-state index contributed by atoms with van der Waals surface area (Å²) in [6.07, 6.45) is -10.5. The van der Waals surface area contributed by atoms with Crippen LogP contribution in [0.5, 0.6) is 11.5 Å². The van der Waals surface area contributed by atoms with Crippen LogP contribution in [0.2, 0.25) is 0 Å². The fourth-order valence-electron chi connectivity index (χ4n) is 2.86. The summed E-state index contributed by atoms with van der Waals surface area (Å²) in [6, 6.07) is 12.3. The summed E-state index contributed by atoms with van der Waals surface area (Å²) < 4.78 is 96.5. The van der Waals surface area contributed by atoms with Crippen LogP contribution in [-0.4, -0.2) is 48.7 Å². The molecule has 4 nitrogen and oxygen atoms in total. The second-order valence-corrected chi connectivity index (χ2v) is 6.91. The highest BCUT2D eigenvalue weighted by molar-refractivity contribution is 5.35. The van der Waals surface area contributed by atoms with E-state index < -0.39 is 32.1 Å². The third-order valence-corrected chi connectivity index (χ3v) is 4.45. The average molecular weight is 469 g/mol. The first kappa shape index (κ1) is 25.7. The summed E-state index contributed by atoms with van der Waals surface area (Å²) in [5, 5.41) is 9.90. The second kappa shape index (κ2) is 11.4. The Morgan fingerprint density at radius 1 is 0.938 bits per heavy atom. The highest BCUT2D eigenvalue weighted by Crippen LogP contribution is 2.26. The van der Waals surface area contributed by atoms with Crippen molar-refractivity contribution in [1.82, 2.24) is 4.90 Å². The molecule has 32 heavy (non-hydrogen) atoms. The third-order valence-electron chi connectivity index (χ3n) is 4.45. The summed E-state index contributed by atoms with van der Waals surface area (Å²) in [7, 11) is 0. The summed E-state index contributed by atoms with van der Waals surface area (Å²) >= 11 is 0. The van der Waals surface area contributed by atoms with Gasteiger partial charge in [0.15, 0.2) is 0 Å². The van der Waals surface area contributed by atoms with E-state index in [2.05, 4.69) is 4.74 Å². The van der Waals surface area contributed by atoms with E-state index in [4.69, 9.17) is 4.74 Å². The molecule has 0 spiro atoms. The molecule has 0 radical (unpaired) electrons. The van der Waals surface area contributed by atoms with Crippen LogP contribution in [0.4, 0.5) is 30.7 Å². The lowest BCUT2D eigenvalue weighted by Gasteiger charge is -2.22. The molecular formula is C21H22F7NO3. The molecule has 0 unspecified atom stereocenters. The molecule has 1 N–H and O–H groups in total. The number of aryl methyl sites for hydroxylation is 2. The maximum absolute atomic E-state index is 12.5. The minimum Gasteiger partial charge on any atom is -0.491 e. The smallest absolute Gasteiger partial charge is 0.491 e. The molecule has 2 aromatic carbocycles. The summed E-state index contributed by atoms with van der Waals surface area (Å²) in [5.74, 6) is 0.0521. The molecule has 0 aromatic heterocycles. The maximum Gasteiger partial charge on any atom is 0.573 e. The number of para-hydroxylation sites is 1. The number of benzene rings is 2. The molecule has 0 aliphatic heterocycles. The van der Waals surface area contributed by atoms with Gasteiger partial charge in [0, 0.05) is 6.54 Å². The SMILES string of the molecule is O[C@H](CCN(CF)C(F)(F)F)COc1ccccc1CCc1cccc(OC(F)(F)F)c1. The van der Waals surface area contributed by atoms with E-state index in [1.165, 1.54) is 18.2 Å². The normalized spacial score (nSPS) is 13.3. The fraction of sp³-hybridized carbons (Fsp3) is 0.429. The standard InChI is InChI=1S/C21H22F7NO3/c22-14-29(20(23,24)25)11-10-17(30)13-31-19-7-2-1-5-16(19)9-8-15-4-3-6-18(12-15)32-21(26,27)28/h1-7,12,17,30H,8-11,13-14H2/t17-/m1/s1. The van der Waals surface area contributed by atoms with Crippen molar-refractivity contribution in [3.63, 3.8) is 0 Å². The Kier molecular flexibility index (Phi) is 9.14. The van der Waals surface area contributed by atoms with Crippen LogP contribution in [-0.2, 0) is 12.8 Å². The molecule has 0 aliphatic rings. The van der Waals surface area contributed by atoms with E-state index in [-0.39, 0.29) is 23.7 Å². The van der Waals surface area contributed by atoms with Gasteiger partial charge in [-0.1, -0.05) is 30.3 Å². The minimum atomic E-state index is -4.83. The van der Waals surface area contributed by atoms with Crippen molar-refractivity contribution in [3.05, 3.63) is 59.7 Å². The van der Waals surface area contributed by atoms with Gasteiger partial charge >= 0.3 is 12.7 Å². The van der Waals surface area contributed by atoms with Crippen molar-refractivity contribution in [1.29, 1.82) is 0 Å². The molecule has 178 valence electrons. The van der Waals surface area contributed by atoms with Crippen molar-refractivity contribution >= 4 is 0 Å². The predicted octanol–water partition coefficient (Wildman–Crippen LogP) is 5.25. The number of halogens is 7. The van der Waals surface area contributed by atoms with Gasteiger partial charge in [0.25, 0.3) is 0 Å². The highest BCUT2D eigenvalue weighted by atomic mass is 19.4. The number of aliphatic hydroxyl groups is 1.